The Morgan fingerprint density at radius 3 is 2.35 bits per heavy atom. The molecule has 0 unspecified atom stereocenters. The van der Waals surface area contributed by atoms with Crippen molar-refractivity contribution >= 4 is 29.9 Å². The van der Waals surface area contributed by atoms with E-state index in [1.54, 1.807) is 7.11 Å². The van der Waals surface area contributed by atoms with E-state index in [1.807, 2.05) is 6.92 Å². The van der Waals surface area contributed by atoms with Crippen molar-refractivity contribution in [1.82, 2.24) is 10.6 Å². The fourth-order valence-electron chi connectivity index (χ4n) is 1.94. The van der Waals surface area contributed by atoms with E-state index in [-0.39, 0.29) is 24.0 Å². The van der Waals surface area contributed by atoms with Crippen molar-refractivity contribution in [2.24, 2.45) is 4.99 Å². The summed E-state index contributed by atoms with van der Waals surface area (Å²) >= 11 is 0. The number of alkyl halides is 3. The summed E-state index contributed by atoms with van der Waals surface area (Å²) in [4.78, 5) is 4.38. The van der Waals surface area contributed by atoms with E-state index in [0.717, 1.165) is 18.6 Å². The van der Waals surface area contributed by atoms with Gasteiger partial charge in [-0.3, -0.25) is 0 Å². The molecule has 0 fully saturated rings. The molecular formula is C17H27F3IN3O2. The SMILES string of the molecule is CCNC(=NCc1ccc(C(F)(F)F)cc1)NCCCOCCOC.I. The smallest absolute Gasteiger partial charge is 0.382 e. The summed E-state index contributed by atoms with van der Waals surface area (Å²) in [5.41, 5.74) is 0.0619. The number of benzene rings is 1. The molecule has 0 aliphatic rings. The number of ether oxygens (including phenoxy) is 2. The number of hydrogen-bond acceptors (Lipinski definition) is 3. The quantitative estimate of drug-likeness (QED) is 0.229. The van der Waals surface area contributed by atoms with Crippen LogP contribution < -0.4 is 10.6 Å². The zero-order chi connectivity index (χ0) is 18.5. The Morgan fingerprint density at radius 2 is 1.77 bits per heavy atom. The van der Waals surface area contributed by atoms with E-state index in [1.165, 1.54) is 12.1 Å². The van der Waals surface area contributed by atoms with Gasteiger partial charge in [0.2, 0.25) is 0 Å². The zero-order valence-electron chi connectivity index (χ0n) is 15.1. The van der Waals surface area contributed by atoms with Crippen LogP contribution in [0.1, 0.15) is 24.5 Å². The third kappa shape index (κ3) is 10.8. The van der Waals surface area contributed by atoms with Crippen LogP contribution in [-0.4, -0.2) is 46.0 Å². The highest BCUT2D eigenvalue weighted by atomic mass is 127. The second-order valence-corrected chi connectivity index (χ2v) is 5.28. The van der Waals surface area contributed by atoms with Crippen LogP contribution in [0.4, 0.5) is 13.2 Å². The highest BCUT2D eigenvalue weighted by Crippen LogP contribution is 2.29. The molecule has 0 atom stereocenters. The maximum Gasteiger partial charge on any atom is 0.416 e. The average Bonchev–Trinajstić information content (AvgIpc) is 2.58. The molecular weight excluding hydrogens is 462 g/mol. The molecule has 0 aromatic heterocycles. The summed E-state index contributed by atoms with van der Waals surface area (Å²) in [6, 6.07) is 5.03. The van der Waals surface area contributed by atoms with E-state index < -0.39 is 11.7 Å². The number of methoxy groups -OCH3 is 1. The van der Waals surface area contributed by atoms with Crippen LogP contribution in [0, 0.1) is 0 Å². The second-order valence-electron chi connectivity index (χ2n) is 5.28. The average molecular weight is 489 g/mol. The molecule has 2 N–H and O–H groups in total. The third-order valence-corrected chi connectivity index (χ3v) is 3.23. The maximum absolute atomic E-state index is 12.5. The summed E-state index contributed by atoms with van der Waals surface area (Å²) in [6.07, 6.45) is -3.50. The molecule has 5 nitrogen and oxygen atoms in total. The lowest BCUT2D eigenvalue weighted by Crippen LogP contribution is -2.38. The molecule has 0 radical (unpaired) electrons. The van der Waals surface area contributed by atoms with Gasteiger partial charge in [0.15, 0.2) is 5.96 Å². The van der Waals surface area contributed by atoms with Crippen molar-refractivity contribution in [3.63, 3.8) is 0 Å². The molecule has 0 saturated heterocycles. The Balaban J connectivity index is 0.00000625. The lowest BCUT2D eigenvalue weighted by atomic mass is 10.1. The van der Waals surface area contributed by atoms with E-state index in [4.69, 9.17) is 9.47 Å². The van der Waals surface area contributed by atoms with Crippen LogP contribution in [0.15, 0.2) is 29.3 Å². The van der Waals surface area contributed by atoms with Crippen molar-refractivity contribution < 1.29 is 22.6 Å². The van der Waals surface area contributed by atoms with Gasteiger partial charge in [0.1, 0.15) is 0 Å². The van der Waals surface area contributed by atoms with Gasteiger partial charge in [-0.25, -0.2) is 4.99 Å². The molecule has 1 rings (SSSR count). The topological polar surface area (TPSA) is 54.9 Å². The van der Waals surface area contributed by atoms with Crippen molar-refractivity contribution in [3.8, 4) is 0 Å². The van der Waals surface area contributed by atoms with Crippen molar-refractivity contribution in [2.45, 2.75) is 26.1 Å². The van der Waals surface area contributed by atoms with E-state index >= 15 is 0 Å². The first-order valence-corrected chi connectivity index (χ1v) is 8.22. The summed E-state index contributed by atoms with van der Waals surface area (Å²) in [5.74, 6) is 0.624. The largest absolute Gasteiger partial charge is 0.416 e. The summed E-state index contributed by atoms with van der Waals surface area (Å²) in [7, 11) is 1.63. The Hall–Kier alpha value is -1.07. The van der Waals surface area contributed by atoms with Crippen molar-refractivity contribution in [2.75, 3.05) is 40.0 Å². The van der Waals surface area contributed by atoms with Gasteiger partial charge in [0.25, 0.3) is 0 Å². The van der Waals surface area contributed by atoms with Gasteiger partial charge in [-0.2, -0.15) is 13.2 Å². The highest BCUT2D eigenvalue weighted by Gasteiger charge is 2.29. The van der Waals surface area contributed by atoms with Gasteiger partial charge in [-0.05, 0) is 31.0 Å². The minimum Gasteiger partial charge on any atom is -0.382 e. The predicted octanol–water partition coefficient (Wildman–Crippen LogP) is 3.43. The first kappa shape index (κ1) is 24.9. The van der Waals surface area contributed by atoms with E-state index in [0.29, 0.717) is 51.0 Å². The molecule has 0 aliphatic heterocycles. The highest BCUT2D eigenvalue weighted by molar-refractivity contribution is 14.0. The number of rotatable bonds is 10. The molecule has 0 saturated carbocycles. The second kappa shape index (κ2) is 14.0. The van der Waals surface area contributed by atoms with Crippen molar-refractivity contribution in [1.29, 1.82) is 0 Å². The van der Waals surface area contributed by atoms with Gasteiger partial charge < -0.3 is 20.1 Å². The van der Waals surface area contributed by atoms with Gasteiger partial charge in [0.05, 0.1) is 25.3 Å². The molecule has 150 valence electrons. The number of guanidine groups is 1. The molecule has 0 heterocycles. The summed E-state index contributed by atoms with van der Waals surface area (Å²) in [5, 5.41) is 6.26. The minimum absolute atomic E-state index is 0. The van der Waals surface area contributed by atoms with Crippen LogP contribution >= 0.6 is 24.0 Å². The number of nitrogens with zero attached hydrogens (tertiary/aromatic N) is 1. The summed E-state index contributed by atoms with van der Waals surface area (Å²) < 4.78 is 47.9. The normalized spacial score (nSPS) is 11.8. The molecule has 26 heavy (non-hydrogen) atoms. The third-order valence-electron chi connectivity index (χ3n) is 3.23. The number of nitrogens with one attached hydrogen (secondary N) is 2. The lowest BCUT2D eigenvalue weighted by Gasteiger charge is -2.12. The van der Waals surface area contributed by atoms with Gasteiger partial charge in [-0.1, -0.05) is 12.1 Å². The van der Waals surface area contributed by atoms with Gasteiger partial charge in [-0.15, -0.1) is 24.0 Å². The van der Waals surface area contributed by atoms with Crippen LogP contribution in [0.2, 0.25) is 0 Å². The Kier molecular flexibility index (Phi) is 13.5. The van der Waals surface area contributed by atoms with E-state index in [9.17, 15) is 13.2 Å². The number of hydrogen-bond donors (Lipinski definition) is 2. The standard InChI is InChI=1S/C17H26F3N3O2.HI/c1-3-21-16(22-9-4-10-25-12-11-24-2)23-13-14-5-7-15(8-6-14)17(18,19)20;/h5-8H,3-4,9-13H2,1-2H3,(H2,21,22,23);1H. The lowest BCUT2D eigenvalue weighted by molar-refractivity contribution is -0.137. The van der Waals surface area contributed by atoms with Gasteiger partial charge in [0, 0.05) is 26.8 Å². The van der Waals surface area contributed by atoms with Crippen LogP contribution in [-0.2, 0) is 22.2 Å². The van der Waals surface area contributed by atoms with Gasteiger partial charge >= 0.3 is 6.18 Å². The Morgan fingerprint density at radius 1 is 1.08 bits per heavy atom. The minimum atomic E-state index is -4.32. The molecule has 0 amide bonds. The molecule has 9 heteroatoms. The predicted molar refractivity (Wildman–Crippen MR) is 107 cm³/mol. The molecule has 1 aromatic rings. The monoisotopic (exact) mass is 489 g/mol. The van der Waals surface area contributed by atoms with Crippen LogP contribution in [0.3, 0.4) is 0 Å². The first-order valence-electron chi connectivity index (χ1n) is 8.22. The van der Waals surface area contributed by atoms with E-state index in [2.05, 4.69) is 15.6 Å². The molecule has 1 aromatic carbocycles. The Labute approximate surface area is 169 Å². The summed E-state index contributed by atoms with van der Waals surface area (Å²) in [6.45, 7) is 5.40. The van der Waals surface area contributed by atoms with Crippen LogP contribution in [0.25, 0.3) is 0 Å². The number of aliphatic imine (C=N–C) groups is 1. The van der Waals surface area contributed by atoms with Crippen molar-refractivity contribution in [3.05, 3.63) is 35.4 Å². The molecule has 0 bridgehead atoms. The maximum atomic E-state index is 12.5. The first-order chi connectivity index (χ1) is 12.0. The fourth-order valence-corrected chi connectivity index (χ4v) is 1.94. The Bertz CT molecular complexity index is 511. The zero-order valence-corrected chi connectivity index (χ0v) is 17.4. The van der Waals surface area contributed by atoms with Crippen LogP contribution in [0.5, 0.6) is 0 Å². The number of halogens is 4. The molecule has 0 aliphatic carbocycles. The molecule has 0 spiro atoms. The fraction of sp³-hybridized carbons (Fsp3) is 0.588.